The van der Waals surface area contributed by atoms with Gasteiger partial charge in [0.05, 0.1) is 19.6 Å². The number of hydrogen-bond acceptors (Lipinski definition) is 7. The number of ether oxygens (including phenoxy) is 2. The number of hydrogen-bond donors (Lipinski definition) is 3. The Kier molecular flexibility index (Phi) is 10.9. The van der Waals surface area contributed by atoms with Crippen molar-refractivity contribution in [2.75, 3.05) is 19.8 Å². The van der Waals surface area contributed by atoms with Crippen LogP contribution in [0.4, 0.5) is 4.79 Å². The number of esters is 1. The summed E-state index contributed by atoms with van der Waals surface area (Å²) in [7, 11) is 0. The number of amides is 3. The molecule has 0 aliphatic heterocycles. The molecule has 2 rings (SSSR count). The van der Waals surface area contributed by atoms with E-state index in [0.29, 0.717) is 18.4 Å². The molecular weight excluding hydrogens is 478 g/mol. The van der Waals surface area contributed by atoms with Gasteiger partial charge in [0, 0.05) is 12.6 Å². The molecule has 1 aliphatic carbocycles. The minimum atomic E-state index is -1.30. The molecule has 1 fully saturated rings. The lowest BCUT2D eigenvalue weighted by atomic mass is 9.87. The van der Waals surface area contributed by atoms with Crippen molar-refractivity contribution in [3.63, 3.8) is 0 Å². The number of rotatable bonds is 11. The third kappa shape index (κ3) is 8.73. The van der Waals surface area contributed by atoms with Gasteiger partial charge in [-0.2, -0.15) is 0 Å². The highest BCUT2D eigenvalue weighted by atomic mass is 16.6. The van der Waals surface area contributed by atoms with Gasteiger partial charge < -0.3 is 30.1 Å². The highest BCUT2D eigenvalue weighted by Gasteiger charge is 2.42. The number of aliphatic hydroxyl groups excluding tert-OH is 1. The summed E-state index contributed by atoms with van der Waals surface area (Å²) in [5.41, 5.74) is 1.58. The van der Waals surface area contributed by atoms with Crippen molar-refractivity contribution in [3.05, 3.63) is 34.9 Å². The predicted molar refractivity (Wildman–Crippen MR) is 138 cm³/mol. The molecule has 0 saturated heterocycles. The van der Waals surface area contributed by atoms with E-state index in [1.54, 1.807) is 27.7 Å². The van der Waals surface area contributed by atoms with Crippen LogP contribution in [0.25, 0.3) is 0 Å². The van der Waals surface area contributed by atoms with Crippen LogP contribution in [0.5, 0.6) is 0 Å². The molecule has 10 nitrogen and oxygen atoms in total. The number of nitrogens with zero attached hydrogens (tertiary/aromatic N) is 1. The first-order valence-corrected chi connectivity index (χ1v) is 12.8. The predicted octanol–water partition coefficient (Wildman–Crippen LogP) is 2.68. The number of carbonyl (C=O) groups is 4. The minimum absolute atomic E-state index is 0.00403. The standard InChI is InChI=1S/C27H41N3O7/c1-7-36-22(32)13-14-28-24(33)23(20-15-17(2)11-12-18(20)3)30(19-9-8-10-19)25(34)21(16-31)29-26(35)37-27(4,5)6/h11-12,15,19,21,23,31H,7-10,13-14,16H2,1-6H3,(H,28,33)(H,29,35). The maximum Gasteiger partial charge on any atom is 0.408 e. The normalized spacial score (nSPS) is 15.1. The smallest absolute Gasteiger partial charge is 0.408 e. The number of benzene rings is 1. The van der Waals surface area contributed by atoms with Crippen LogP contribution >= 0.6 is 0 Å². The molecule has 0 heterocycles. The fourth-order valence-electron chi connectivity index (χ4n) is 4.09. The molecule has 1 aromatic carbocycles. The fraction of sp³-hybridized carbons (Fsp3) is 0.630. The Morgan fingerprint density at radius 2 is 1.84 bits per heavy atom. The Bertz CT molecular complexity index is 969. The Labute approximate surface area is 219 Å². The van der Waals surface area contributed by atoms with Gasteiger partial charge in [-0.15, -0.1) is 0 Å². The Morgan fingerprint density at radius 3 is 2.38 bits per heavy atom. The van der Waals surface area contributed by atoms with Gasteiger partial charge in [0.25, 0.3) is 0 Å². The molecule has 1 aliphatic rings. The second-order valence-corrected chi connectivity index (χ2v) is 10.3. The average molecular weight is 520 g/mol. The third-order valence-corrected chi connectivity index (χ3v) is 6.08. The van der Waals surface area contributed by atoms with Crippen molar-refractivity contribution in [2.24, 2.45) is 0 Å². The van der Waals surface area contributed by atoms with Crippen LogP contribution in [0.3, 0.4) is 0 Å². The van der Waals surface area contributed by atoms with E-state index in [4.69, 9.17) is 9.47 Å². The molecular formula is C27H41N3O7. The van der Waals surface area contributed by atoms with Crippen molar-refractivity contribution >= 4 is 23.9 Å². The zero-order chi connectivity index (χ0) is 27.8. The maximum absolute atomic E-state index is 13.8. The van der Waals surface area contributed by atoms with Crippen LogP contribution in [-0.4, -0.2) is 71.3 Å². The first-order chi connectivity index (χ1) is 17.4. The number of aliphatic hydroxyl groups is 1. The van der Waals surface area contributed by atoms with Crippen molar-refractivity contribution in [2.45, 2.75) is 91.0 Å². The SMILES string of the molecule is CCOC(=O)CCNC(=O)C(c1cc(C)ccc1C)N(C(=O)C(CO)NC(=O)OC(C)(C)C)C1CCC1. The summed E-state index contributed by atoms with van der Waals surface area (Å²) in [5, 5.41) is 15.3. The molecule has 37 heavy (non-hydrogen) atoms. The summed E-state index contributed by atoms with van der Waals surface area (Å²) < 4.78 is 10.2. The van der Waals surface area contributed by atoms with Crippen molar-refractivity contribution in [1.29, 1.82) is 0 Å². The van der Waals surface area contributed by atoms with Gasteiger partial charge in [-0.3, -0.25) is 14.4 Å². The van der Waals surface area contributed by atoms with Gasteiger partial charge in [-0.25, -0.2) is 4.79 Å². The number of carbonyl (C=O) groups excluding carboxylic acids is 4. The molecule has 10 heteroatoms. The Balaban J connectivity index is 2.41. The lowest BCUT2D eigenvalue weighted by Crippen LogP contribution is -2.58. The molecule has 0 aromatic heterocycles. The van der Waals surface area contributed by atoms with Crippen molar-refractivity contribution in [1.82, 2.24) is 15.5 Å². The van der Waals surface area contributed by atoms with Gasteiger partial charge >= 0.3 is 12.1 Å². The summed E-state index contributed by atoms with van der Waals surface area (Å²) in [6, 6.07) is 3.10. The van der Waals surface area contributed by atoms with Crippen molar-refractivity contribution < 1.29 is 33.8 Å². The van der Waals surface area contributed by atoms with E-state index in [1.807, 2.05) is 32.0 Å². The van der Waals surface area contributed by atoms with E-state index in [1.165, 1.54) is 4.90 Å². The van der Waals surface area contributed by atoms with Gasteiger partial charge in [0.15, 0.2) is 0 Å². The van der Waals surface area contributed by atoms with Gasteiger partial charge in [-0.1, -0.05) is 23.8 Å². The van der Waals surface area contributed by atoms with Gasteiger partial charge in [0.2, 0.25) is 11.8 Å². The Morgan fingerprint density at radius 1 is 1.16 bits per heavy atom. The van der Waals surface area contributed by atoms with E-state index in [0.717, 1.165) is 17.5 Å². The second kappa shape index (κ2) is 13.4. The van der Waals surface area contributed by atoms with Crippen LogP contribution in [0, 0.1) is 13.8 Å². The van der Waals surface area contributed by atoms with Gasteiger partial charge in [-0.05, 0) is 71.9 Å². The van der Waals surface area contributed by atoms with Crippen LogP contribution in [0.1, 0.15) is 76.1 Å². The van der Waals surface area contributed by atoms with E-state index < -0.39 is 48.2 Å². The molecule has 3 amide bonds. The van der Waals surface area contributed by atoms with Crippen LogP contribution in [0.2, 0.25) is 0 Å². The first-order valence-electron chi connectivity index (χ1n) is 12.8. The molecule has 206 valence electrons. The average Bonchev–Trinajstić information content (AvgIpc) is 2.76. The molecule has 0 radical (unpaired) electrons. The van der Waals surface area contributed by atoms with E-state index in [-0.39, 0.29) is 25.6 Å². The zero-order valence-corrected chi connectivity index (χ0v) is 22.8. The first kappa shape index (κ1) is 30.1. The summed E-state index contributed by atoms with van der Waals surface area (Å²) in [5.74, 6) is -1.46. The van der Waals surface area contributed by atoms with E-state index >= 15 is 0 Å². The lowest BCUT2D eigenvalue weighted by molar-refractivity contribution is -0.148. The lowest BCUT2D eigenvalue weighted by Gasteiger charge is -2.43. The molecule has 2 atom stereocenters. The topological polar surface area (TPSA) is 134 Å². The monoisotopic (exact) mass is 519 g/mol. The summed E-state index contributed by atoms with van der Waals surface area (Å²) in [6.45, 7) is 10.2. The number of aryl methyl sites for hydroxylation is 2. The molecule has 1 aromatic rings. The molecule has 0 spiro atoms. The van der Waals surface area contributed by atoms with E-state index in [2.05, 4.69) is 10.6 Å². The zero-order valence-electron chi connectivity index (χ0n) is 22.8. The summed E-state index contributed by atoms with van der Waals surface area (Å²) in [4.78, 5) is 53.1. The molecule has 2 unspecified atom stereocenters. The summed E-state index contributed by atoms with van der Waals surface area (Å²) >= 11 is 0. The van der Waals surface area contributed by atoms with E-state index in [9.17, 15) is 24.3 Å². The fourth-order valence-corrected chi connectivity index (χ4v) is 4.09. The number of alkyl carbamates (subject to hydrolysis) is 1. The van der Waals surface area contributed by atoms with Crippen LogP contribution in [0.15, 0.2) is 18.2 Å². The molecule has 1 saturated carbocycles. The number of nitrogens with one attached hydrogen (secondary N) is 2. The van der Waals surface area contributed by atoms with Crippen LogP contribution in [-0.2, 0) is 23.9 Å². The highest BCUT2D eigenvalue weighted by molar-refractivity contribution is 5.93. The second-order valence-electron chi connectivity index (χ2n) is 10.3. The largest absolute Gasteiger partial charge is 0.466 e. The third-order valence-electron chi connectivity index (χ3n) is 6.08. The van der Waals surface area contributed by atoms with Gasteiger partial charge in [0.1, 0.15) is 17.7 Å². The molecule has 0 bridgehead atoms. The summed E-state index contributed by atoms with van der Waals surface area (Å²) in [6.07, 6.45) is 1.43. The minimum Gasteiger partial charge on any atom is -0.466 e. The Hall–Kier alpha value is -3.14. The van der Waals surface area contributed by atoms with Crippen LogP contribution < -0.4 is 10.6 Å². The maximum atomic E-state index is 13.8. The quantitative estimate of drug-likeness (QED) is 0.383. The highest BCUT2D eigenvalue weighted by Crippen LogP contribution is 2.35. The van der Waals surface area contributed by atoms with Crippen molar-refractivity contribution in [3.8, 4) is 0 Å². The molecule has 3 N–H and O–H groups in total.